The van der Waals surface area contributed by atoms with Crippen molar-refractivity contribution in [2.45, 2.75) is 33.2 Å². The fourth-order valence-electron chi connectivity index (χ4n) is 2.95. The van der Waals surface area contributed by atoms with Crippen molar-refractivity contribution in [3.8, 4) is 0 Å². The van der Waals surface area contributed by atoms with Gasteiger partial charge in [-0.15, -0.1) is 0 Å². The molecule has 0 bridgehead atoms. The maximum atomic E-state index is 11.0. The second-order valence-corrected chi connectivity index (χ2v) is 5.27. The van der Waals surface area contributed by atoms with E-state index in [0.29, 0.717) is 13.2 Å². The van der Waals surface area contributed by atoms with E-state index in [-0.39, 0.29) is 12.5 Å². The van der Waals surface area contributed by atoms with E-state index in [1.54, 1.807) is 0 Å². The highest BCUT2D eigenvalue weighted by Gasteiger charge is 2.27. The fourth-order valence-corrected chi connectivity index (χ4v) is 2.95. The molecule has 1 saturated heterocycles. The Hall–Kier alpha value is -1.55. The van der Waals surface area contributed by atoms with E-state index in [1.165, 1.54) is 22.4 Å². The normalized spacial score (nSPS) is 19.5. The molecule has 0 radical (unpaired) electrons. The summed E-state index contributed by atoms with van der Waals surface area (Å²) in [6.07, 6.45) is 0.118. The van der Waals surface area contributed by atoms with E-state index >= 15 is 0 Å². The Morgan fingerprint density at radius 1 is 1.37 bits per heavy atom. The van der Waals surface area contributed by atoms with Gasteiger partial charge in [0.1, 0.15) is 0 Å². The molecule has 19 heavy (non-hydrogen) atoms. The number of hydrogen-bond acceptors (Lipinski definition) is 3. The molecule has 1 aliphatic rings. The van der Waals surface area contributed by atoms with Gasteiger partial charge in [-0.2, -0.15) is 0 Å². The van der Waals surface area contributed by atoms with E-state index in [1.807, 2.05) is 0 Å². The molecule has 0 spiro atoms. The molecule has 1 heterocycles. The monoisotopic (exact) mass is 263 g/mol. The molecule has 0 aromatic heterocycles. The first-order valence-corrected chi connectivity index (χ1v) is 6.63. The number of nitrogens with zero attached hydrogens (tertiary/aromatic N) is 1. The first-order valence-electron chi connectivity index (χ1n) is 6.63. The number of benzene rings is 1. The van der Waals surface area contributed by atoms with Crippen molar-refractivity contribution in [3.05, 3.63) is 28.8 Å². The molecule has 1 N–H and O–H groups in total. The Labute approximate surface area is 114 Å². The molecule has 1 fully saturated rings. The average Bonchev–Trinajstić information content (AvgIpc) is 2.29. The third-order valence-electron chi connectivity index (χ3n) is 3.56. The summed E-state index contributed by atoms with van der Waals surface area (Å²) >= 11 is 0. The number of morpholine rings is 1. The van der Waals surface area contributed by atoms with Gasteiger partial charge in [-0.25, -0.2) is 0 Å². The van der Waals surface area contributed by atoms with Crippen LogP contribution in [0.2, 0.25) is 0 Å². The van der Waals surface area contributed by atoms with Crippen LogP contribution in [0.1, 0.15) is 23.1 Å². The van der Waals surface area contributed by atoms with Crippen molar-refractivity contribution < 1.29 is 14.6 Å². The number of carbonyl (C=O) groups is 1. The third kappa shape index (κ3) is 3.07. The van der Waals surface area contributed by atoms with Crippen molar-refractivity contribution in [1.29, 1.82) is 0 Å². The highest BCUT2D eigenvalue weighted by molar-refractivity contribution is 5.69. The molecular formula is C15H21NO3. The summed E-state index contributed by atoms with van der Waals surface area (Å²) in [4.78, 5) is 13.2. The zero-order valence-corrected chi connectivity index (χ0v) is 11.8. The van der Waals surface area contributed by atoms with E-state index in [2.05, 4.69) is 37.8 Å². The summed E-state index contributed by atoms with van der Waals surface area (Å²) in [7, 11) is 0. The van der Waals surface area contributed by atoms with Gasteiger partial charge in [0.05, 0.1) is 25.7 Å². The Kier molecular flexibility index (Phi) is 4.10. The summed E-state index contributed by atoms with van der Waals surface area (Å²) in [6, 6.07) is 4.22. The van der Waals surface area contributed by atoms with Gasteiger partial charge in [0.2, 0.25) is 0 Å². The largest absolute Gasteiger partial charge is 0.481 e. The number of rotatable bonds is 3. The van der Waals surface area contributed by atoms with Crippen LogP contribution in [0.4, 0.5) is 5.69 Å². The number of aryl methyl sites for hydroxylation is 3. The lowest BCUT2D eigenvalue weighted by molar-refractivity contribution is -0.138. The molecule has 2 rings (SSSR count). The van der Waals surface area contributed by atoms with Gasteiger partial charge in [0, 0.05) is 12.2 Å². The fraction of sp³-hybridized carbons (Fsp3) is 0.533. The molecule has 1 unspecified atom stereocenters. The van der Waals surface area contributed by atoms with Crippen molar-refractivity contribution in [1.82, 2.24) is 0 Å². The minimum atomic E-state index is -0.775. The maximum Gasteiger partial charge on any atom is 0.305 e. The van der Waals surface area contributed by atoms with Gasteiger partial charge in [-0.05, 0) is 31.9 Å². The predicted octanol–water partition coefficient (Wildman–Crippen LogP) is 2.29. The lowest BCUT2D eigenvalue weighted by Crippen LogP contribution is -2.47. The second kappa shape index (κ2) is 5.61. The second-order valence-electron chi connectivity index (χ2n) is 5.27. The van der Waals surface area contributed by atoms with Crippen LogP contribution in [0.25, 0.3) is 0 Å². The smallest absolute Gasteiger partial charge is 0.305 e. The van der Waals surface area contributed by atoms with Crippen molar-refractivity contribution >= 4 is 11.7 Å². The minimum Gasteiger partial charge on any atom is -0.481 e. The number of aliphatic carboxylic acids is 1. The Balaban J connectivity index is 2.34. The summed E-state index contributed by atoms with van der Waals surface area (Å²) in [5.74, 6) is -0.775. The number of carboxylic acid groups (broad SMARTS) is 1. The van der Waals surface area contributed by atoms with E-state index < -0.39 is 5.97 Å². The van der Waals surface area contributed by atoms with Crippen molar-refractivity contribution in [2.75, 3.05) is 24.7 Å². The van der Waals surface area contributed by atoms with E-state index in [9.17, 15) is 4.79 Å². The number of anilines is 1. The molecule has 0 saturated carbocycles. The molecule has 0 amide bonds. The quantitative estimate of drug-likeness (QED) is 0.909. The predicted molar refractivity (Wildman–Crippen MR) is 74.9 cm³/mol. The molecule has 4 nitrogen and oxygen atoms in total. The molecule has 1 atom stereocenters. The summed E-state index contributed by atoms with van der Waals surface area (Å²) < 4.78 is 5.43. The number of carboxylic acids is 1. The van der Waals surface area contributed by atoms with Crippen LogP contribution in [-0.4, -0.2) is 36.9 Å². The summed E-state index contributed by atoms with van der Waals surface area (Å²) in [5.41, 5.74) is 4.81. The minimum absolute atomic E-state index is 0.0774. The highest BCUT2D eigenvalue weighted by atomic mass is 16.5. The van der Waals surface area contributed by atoms with Gasteiger partial charge < -0.3 is 14.7 Å². The van der Waals surface area contributed by atoms with Gasteiger partial charge in [-0.1, -0.05) is 17.7 Å². The van der Waals surface area contributed by atoms with Crippen LogP contribution in [0, 0.1) is 20.8 Å². The third-order valence-corrected chi connectivity index (χ3v) is 3.56. The van der Waals surface area contributed by atoms with Crippen LogP contribution in [-0.2, 0) is 9.53 Å². The average molecular weight is 263 g/mol. The van der Waals surface area contributed by atoms with Gasteiger partial charge in [0.25, 0.3) is 0 Å². The standard InChI is InChI=1S/C15H21NO3/c1-10-6-11(2)15(12(3)7-10)16-4-5-19-9-13(16)8-14(17)18/h6-7,13H,4-5,8-9H2,1-3H3,(H,17,18). The zero-order chi connectivity index (χ0) is 14.0. The molecular weight excluding hydrogens is 242 g/mol. The molecule has 0 aliphatic carbocycles. The Bertz CT molecular complexity index is 461. The summed E-state index contributed by atoms with van der Waals surface area (Å²) in [5, 5.41) is 9.03. The van der Waals surface area contributed by atoms with Gasteiger partial charge in [-0.3, -0.25) is 4.79 Å². The number of hydrogen-bond donors (Lipinski definition) is 1. The van der Waals surface area contributed by atoms with Crippen LogP contribution in [0.5, 0.6) is 0 Å². The van der Waals surface area contributed by atoms with Crippen LogP contribution in [0.3, 0.4) is 0 Å². The molecule has 1 aromatic rings. The SMILES string of the molecule is Cc1cc(C)c(N2CCOCC2CC(=O)O)c(C)c1. The van der Waals surface area contributed by atoms with Crippen molar-refractivity contribution in [3.63, 3.8) is 0 Å². The maximum absolute atomic E-state index is 11.0. The molecule has 1 aliphatic heterocycles. The van der Waals surface area contributed by atoms with Crippen LogP contribution < -0.4 is 4.90 Å². The number of ether oxygens (including phenoxy) is 1. The zero-order valence-electron chi connectivity index (χ0n) is 11.8. The van der Waals surface area contributed by atoms with Crippen LogP contribution in [0.15, 0.2) is 12.1 Å². The van der Waals surface area contributed by atoms with Gasteiger partial charge in [0.15, 0.2) is 0 Å². The van der Waals surface area contributed by atoms with E-state index in [0.717, 1.165) is 6.54 Å². The lowest BCUT2D eigenvalue weighted by atomic mass is 10.0. The lowest BCUT2D eigenvalue weighted by Gasteiger charge is -2.38. The van der Waals surface area contributed by atoms with Crippen LogP contribution >= 0.6 is 0 Å². The van der Waals surface area contributed by atoms with Gasteiger partial charge >= 0.3 is 5.97 Å². The first-order chi connectivity index (χ1) is 8.99. The Morgan fingerprint density at radius 3 is 2.58 bits per heavy atom. The summed E-state index contributed by atoms with van der Waals surface area (Å²) in [6.45, 7) is 8.15. The topological polar surface area (TPSA) is 49.8 Å². The molecule has 4 heteroatoms. The van der Waals surface area contributed by atoms with Crippen molar-refractivity contribution in [2.24, 2.45) is 0 Å². The highest BCUT2D eigenvalue weighted by Crippen LogP contribution is 2.29. The first kappa shape index (κ1) is 13.9. The molecule has 104 valence electrons. The van der Waals surface area contributed by atoms with E-state index in [4.69, 9.17) is 9.84 Å². The molecule has 1 aromatic carbocycles. The Morgan fingerprint density at radius 2 is 2.00 bits per heavy atom.